The summed E-state index contributed by atoms with van der Waals surface area (Å²) in [7, 11) is 0. The van der Waals surface area contributed by atoms with E-state index in [-0.39, 0.29) is 83.9 Å². The van der Waals surface area contributed by atoms with E-state index in [0.29, 0.717) is 198 Å². The lowest BCUT2D eigenvalue weighted by Gasteiger charge is -2.28. The van der Waals surface area contributed by atoms with Gasteiger partial charge in [0.15, 0.2) is 0 Å². The van der Waals surface area contributed by atoms with Crippen molar-refractivity contribution in [1.82, 2.24) is 10.6 Å². The van der Waals surface area contributed by atoms with Gasteiger partial charge in [-0.15, -0.1) is 0 Å². The lowest BCUT2D eigenvalue weighted by Crippen LogP contribution is -2.53. The predicted molar refractivity (Wildman–Crippen MR) is 251 cm³/mol. The van der Waals surface area contributed by atoms with Crippen LogP contribution in [0.5, 0.6) is 0 Å². The first-order valence-corrected chi connectivity index (χ1v) is 24.3. The Kier molecular flexibility index (Phi) is 55.9. The molecule has 70 heavy (non-hydrogen) atoms. The number of amides is 2. The SMILES string of the molecule is NC(COCCC=O)(COCCC(=O)NCCOCCOCCOCCOCCOCCOCCOCCO)COCCC(=O)NCCOCCOCCOCCOCCOCCOCCOCCO. The van der Waals surface area contributed by atoms with E-state index in [2.05, 4.69) is 10.6 Å². The van der Waals surface area contributed by atoms with Gasteiger partial charge in [0.05, 0.1) is 243 Å². The Hall–Kier alpha value is -2.19. The van der Waals surface area contributed by atoms with Crippen molar-refractivity contribution in [3.05, 3.63) is 0 Å². The molecular weight excluding hydrogens is 934 g/mol. The Morgan fingerprint density at radius 2 is 0.571 bits per heavy atom. The molecule has 0 radical (unpaired) electrons. The van der Waals surface area contributed by atoms with Crippen LogP contribution in [0, 0.1) is 0 Å². The second-order valence-corrected chi connectivity index (χ2v) is 14.7. The number of hydrogen-bond donors (Lipinski definition) is 5. The summed E-state index contributed by atoms with van der Waals surface area (Å²) in [5, 5.41) is 22.8. The number of ether oxygens (including phenoxy) is 17. The third kappa shape index (κ3) is 55.1. The Bertz CT molecular complexity index is 1020. The average Bonchev–Trinajstić information content (AvgIpc) is 3.36. The monoisotopic (exact) mass is 1020 g/mol. The fourth-order valence-electron chi connectivity index (χ4n) is 5.09. The van der Waals surface area contributed by atoms with Crippen molar-refractivity contribution in [2.24, 2.45) is 5.73 Å². The Morgan fingerprint density at radius 3 is 0.814 bits per heavy atom. The molecule has 0 aliphatic carbocycles. The van der Waals surface area contributed by atoms with Crippen molar-refractivity contribution < 1.29 is 105 Å². The number of nitrogens with two attached hydrogens (primary N) is 1. The van der Waals surface area contributed by atoms with Gasteiger partial charge in [0, 0.05) is 32.4 Å². The molecule has 0 saturated heterocycles. The first-order chi connectivity index (χ1) is 34.5. The molecular formula is C45H89N3O22. The molecule has 25 nitrogen and oxygen atoms in total. The molecule has 25 heteroatoms. The first-order valence-electron chi connectivity index (χ1n) is 24.3. The van der Waals surface area contributed by atoms with Crippen molar-refractivity contribution in [1.29, 1.82) is 0 Å². The molecule has 0 heterocycles. The molecule has 0 bridgehead atoms. The summed E-state index contributed by atoms with van der Waals surface area (Å²) in [6.07, 6.45) is 1.18. The average molecular weight is 1020 g/mol. The van der Waals surface area contributed by atoms with Gasteiger partial charge in [0.2, 0.25) is 11.8 Å². The number of aldehydes is 1. The summed E-state index contributed by atoms with van der Waals surface area (Å²) in [6.45, 7) is 13.0. The van der Waals surface area contributed by atoms with Crippen LogP contribution in [0.3, 0.4) is 0 Å². The first kappa shape index (κ1) is 67.8. The third-order valence-electron chi connectivity index (χ3n) is 8.57. The smallest absolute Gasteiger partial charge is 0.222 e. The number of hydrogen-bond acceptors (Lipinski definition) is 23. The minimum absolute atomic E-state index is 0.00270. The minimum atomic E-state index is -1.07. The van der Waals surface area contributed by atoms with Crippen molar-refractivity contribution in [2.45, 2.75) is 24.8 Å². The number of carbonyl (C=O) groups excluding carboxylic acids is 3. The molecule has 0 rings (SSSR count). The maximum Gasteiger partial charge on any atom is 0.222 e. The zero-order valence-corrected chi connectivity index (χ0v) is 41.7. The highest BCUT2D eigenvalue weighted by Crippen LogP contribution is 2.06. The second-order valence-electron chi connectivity index (χ2n) is 14.7. The fraction of sp³-hybridized carbons (Fsp3) is 0.933. The summed E-state index contributed by atoms with van der Waals surface area (Å²) in [4.78, 5) is 35.3. The normalized spacial score (nSPS) is 11.7. The maximum absolute atomic E-state index is 12.3. The van der Waals surface area contributed by atoms with Gasteiger partial charge in [-0.1, -0.05) is 0 Å². The van der Waals surface area contributed by atoms with Gasteiger partial charge in [0.1, 0.15) is 6.29 Å². The molecule has 0 aromatic carbocycles. The second kappa shape index (κ2) is 57.7. The highest BCUT2D eigenvalue weighted by atomic mass is 16.6. The number of carbonyl (C=O) groups is 3. The van der Waals surface area contributed by atoms with E-state index in [4.69, 9.17) is 96.5 Å². The van der Waals surface area contributed by atoms with Gasteiger partial charge in [-0.2, -0.15) is 0 Å². The van der Waals surface area contributed by atoms with Crippen molar-refractivity contribution in [3.8, 4) is 0 Å². The number of rotatable bonds is 61. The highest BCUT2D eigenvalue weighted by molar-refractivity contribution is 5.76. The molecule has 0 aliphatic heterocycles. The van der Waals surface area contributed by atoms with Crippen LogP contribution in [0.1, 0.15) is 19.3 Å². The van der Waals surface area contributed by atoms with E-state index in [9.17, 15) is 14.4 Å². The standard InChI is InChI=1S/C45H89N3O22/c46-45(40-68-9-1-6-49,41-69-10-2-43(52)47-4-12-54-16-20-58-24-28-62-32-36-66-38-34-64-30-26-60-22-18-56-14-7-50)42-70-11-3-44(53)48-5-13-55-17-21-59-25-29-63-33-37-67-39-35-65-31-27-61-23-19-57-15-8-51/h6,50-51H,1-5,7-42,46H2,(H,47,52)(H,48,53). The number of aliphatic hydroxyl groups is 2. The molecule has 416 valence electrons. The summed E-state index contributed by atoms with van der Waals surface area (Å²) in [5.41, 5.74) is 5.43. The van der Waals surface area contributed by atoms with Crippen LogP contribution in [0.4, 0.5) is 0 Å². The lowest BCUT2D eigenvalue weighted by molar-refractivity contribution is -0.123. The molecule has 2 amide bonds. The van der Waals surface area contributed by atoms with Crippen LogP contribution < -0.4 is 16.4 Å². The summed E-state index contributed by atoms with van der Waals surface area (Å²) in [6, 6.07) is 0. The van der Waals surface area contributed by atoms with Crippen LogP contribution in [0.15, 0.2) is 0 Å². The van der Waals surface area contributed by atoms with E-state index < -0.39 is 5.54 Å². The summed E-state index contributed by atoms with van der Waals surface area (Å²) >= 11 is 0. The van der Waals surface area contributed by atoms with E-state index >= 15 is 0 Å². The van der Waals surface area contributed by atoms with E-state index in [0.717, 1.165) is 6.29 Å². The van der Waals surface area contributed by atoms with E-state index in [1.165, 1.54) is 0 Å². The van der Waals surface area contributed by atoms with Gasteiger partial charge in [-0.05, 0) is 0 Å². The number of aliphatic hydroxyl groups excluding tert-OH is 2. The molecule has 0 aromatic rings. The topological polar surface area (TPSA) is 299 Å². The molecule has 0 aliphatic rings. The van der Waals surface area contributed by atoms with Crippen molar-refractivity contribution in [3.63, 3.8) is 0 Å². The predicted octanol–water partition coefficient (Wildman–Crippen LogP) is -2.45. The third-order valence-corrected chi connectivity index (χ3v) is 8.57. The largest absolute Gasteiger partial charge is 0.394 e. The van der Waals surface area contributed by atoms with Crippen molar-refractivity contribution >= 4 is 18.1 Å². The van der Waals surface area contributed by atoms with Crippen LogP contribution in [-0.4, -0.2) is 285 Å². The molecule has 0 saturated carbocycles. The molecule has 0 fully saturated rings. The van der Waals surface area contributed by atoms with Crippen LogP contribution >= 0.6 is 0 Å². The quantitative estimate of drug-likeness (QED) is 0.0312. The maximum atomic E-state index is 12.3. The summed E-state index contributed by atoms with van der Waals surface area (Å²) < 4.78 is 92.4. The van der Waals surface area contributed by atoms with E-state index in [1.54, 1.807) is 0 Å². The van der Waals surface area contributed by atoms with E-state index in [1.807, 2.05) is 0 Å². The fourth-order valence-corrected chi connectivity index (χ4v) is 5.09. The Labute approximate surface area is 414 Å². The molecule has 6 N–H and O–H groups in total. The highest BCUT2D eigenvalue weighted by Gasteiger charge is 2.27. The van der Waals surface area contributed by atoms with Gasteiger partial charge in [-0.25, -0.2) is 0 Å². The number of nitrogens with one attached hydrogen (secondary N) is 2. The Morgan fingerprint density at radius 1 is 0.343 bits per heavy atom. The van der Waals surface area contributed by atoms with Crippen molar-refractivity contribution in [2.75, 3.05) is 251 Å². The minimum Gasteiger partial charge on any atom is -0.394 e. The van der Waals surface area contributed by atoms with Gasteiger partial charge >= 0.3 is 0 Å². The molecule has 0 atom stereocenters. The van der Waals surface area contributed by atoms with Gasteiger partial charge < -0.3 is 112 Å². The van der Waals surface area contributed by atoms with Crippen LogP contribution in [0.25, 0.3) is 0 Å². The molecule has 0 spiro atoms. The summed E-state index contributed by atoms with van der Waals surface area (Å²) in [5.74, 6) is -0.420. The van der Waals surface area contributed by atoms with Gasteiger partial charge in [0.25, 0.3) is 0 Å². The Balaban J connectivity index is 3.73. The molecule has 0 unspecified atom stereocenters. The molecule has 0 aromatic heterocycles. The zero-order valence-electron chi connectivity index (χ0n) is 41.7. The van der Waals surface area contributed by atoms with Crippen LogP contribution in [-0.2, 0) is 94.9 Å². The van der Waals surface area contributed by atoms with Gasteiger partial charge in [-0.3, -0.25) is 9.59 Å². The van der Waals surface area contributed by atoms with Crippen LogP contribution in [0.2, 0.25) is 0 Å². The zero-order chi connectivity index (χ0) is 50.8. The lowest BCUT2D eigenvalue weighted by atomic mass is 10.1.